The lowest BCUT2D eigenvalue weighted by Crippen LogP contribution is -2.27. The van der Waals surface area contributed by atoms with Gasteiger partial charge in [-0.3, -0.25) is 9.36 Å². The van der Waals surface area contributed by atoms with E-state index in [4.69, 9.17) is 0 Å². The molecule has 0 bridgehead atoms. The molecule has 0 aromatic carbocycles. The number of nitrogens with one attached hydrogen (secondary N) is 1. The third-order valence-electron chi connectivity index (χ3n) is 3.58. The fourth-order valence-corrected chi connectivity index (χ4v) is 2.68. The van der Waals surface area contributed by atoms with Crippen molar-refractivity contribution in [2.45, 2.75) is 44.6 Å². The highest BCUT2D eigenvalue weighted by molar-refractivity contribution is 5.28. The summed E-state index contributed by atoms with van der Waals surface area (Å²) >= 11 is 0. The molecule has 2 heterocycles. The van der Waals surface area contributed by atoms with E-state index in [-0.39, 0.29) is 5.56 Å². The van der Waals surface area contributed by atoms with Gasteiger partial charge in [0, 0.05) is 19.0 Å². The zero-order chi connectivity index (χ0) is 11.0. The van der Waals surface area contributed by atoms with Crippen LogP contribution in [0.1, 0.15) is 43.7 Å². The van der Waals surface area contributed by atoms with Gasteiger partial charge in [-0.1, -0.05) is 19.3 Å². The van der Waals surface area contributed by atoms with Crippen LogP contribution < -0.4 is 10.9 Å². The van der Waals surface area contributed by atoms with Crippen LogP contribution in [0.25, 0.3) is 0 Å². The lowest BCUT2D eigenvalue weighted by atomic mass is 9.87. The molecule has 1 N–H and O–H groups in total. The van der Waals surface area contributed by atoms with Gasteiger partial charge < -0.3 is 5.32 Å². The predicted octanol–water partition coefficient (Wildman–Crippen LogP) is 1.11. The van der Waals surface area contributed by atoms with Crippen LogP contribution >= 0.6 is 0 Å². The van der Waals surface area contributed by atoms with Crippen molar-refractivity contribution in [1.29, 1.82) is 0 Å². The van der Waals surface area contributed by atoms with E-state index in [2.05, 4.69) is 15.5 Å². The number of aromatic nitrogens is 3. The summed E-state index contributed by atoms with van der Waals surface area (Å²) in [5.74, 6) is 0.969. The van der Waals surface area contributed by atoms with Crippen LogP contribution in [0.4, 0.5) is 5.95 Å². The van der Waals surface area contributed by atoms with Crippen molar-refractivity contribution in [3.63, 3.8) is 0 Å². The molecular weight excluding hydrogens is 204 g/mol. The summed E-state index contributed by atoms with van der Waals surface area (Å²) in [6, 6.07) is 0. The fourth-order valence-electron chi connectivity index (χ4n) is 2.68. The molecule has 86 valence electrons. The Balaban J connectivity index is 1.98. The zero-order valence-corrected chi connectivity index (χ0v) is 9.28. The van der Waals surface area contributed by atoms with Crippen molar-refractivity contribution < 1.29 is 0 Å². The quantitative estimate of drug-likeness (QED) is 0.770. The van der Waals surface area contributed by atoms with E-state index in [1.165, 1.54) is 19.3 Å². The number of hydrogen-bond acceptors (Lipinski definition) is 4. The molecule has 1 aliphatic heterocycles. The van der Waals surface area contributed by atoms with E-state index in [0.29, 0.717) is 17.6 Å². The summed E-state index contributed by atoms with van der Waals surface area (Å²) in [7, 11) is 0. The van der Waals surface area contributed by atoms with Crippen LogP contribution in [0.5, 0.6) is 0 Å². The first kappa shape index (κ1) is 9.81. The molecule has 0 spiro atoms. The number of hydrogen-bond donors (Lipinski definition) is 1. The van der Waals surface area contributed by atoms with Gasteiger partial charge in [0.05, 0.1) is 0 Å². The first-order valence-electron chi connectivity index (χ1n) is 6.07. The molecular formula is C11H16N4O. The van der Waals surface area contributed by atoms with Gasteiger partial charge in [0.1, 0.15) is 5.69 Å². The van der Waals surface area contributed by atoms with Crippen LogP contribution in [0.15, 0.2) is 4.79 Å². The largest absolute Gasteiger partial charge is 0.352 e. The minimum Gasteiger partial charge on any atom is -0.352 e. The summed E-state index contributed by atoms with van der Waals surface area (Å²) in [6.45, 7) is 1.52. The van der Waals surface area contributed by atoms with Gasteiger partial charge in [0.2, 0.25) is 5.95 Å². The number of nitrogens with zero attached hydrogens (tertiary/aromatic N) is 3. The smallest absolute Gasteiger partial charge is 0.277 e. The average molecular weight is 220 g/mol. The predicted molar refractivity (Wildman–Crippen MR) is 60.6 cm³/mol. The molecule has 3 rings (SSSR count). The molecule has 1 aromatic heterocycles. The minimum atomic E-state index is 0.0712. The van der Waals surface area contributed by atoms with Crippen LogP contribution in [-0.2, 0) is 6.54 Å². The Hall–Kier alpha value is -1.39. The molecule has 1 saturated carbocycles. The van der Waals surface area contributed by atoms with Gasteiger partial charge in [0.25, 0.3) is 5.56 Å². The third-order valence-corrected chi connectivity index (χ3v) is 3.58. The van der Waals surface area contributed by atoms with E-state index in [1.54, 1.807) is 4.57 Å². The van der Waals surface area contributed by atoms with Crippen molar-refractivity contribution >= 4 is 5.95 Å². The van der Waals surface area contributed by atoms with E-state index in [1.807, 2.05) is 0 Å². The molecule has 0 radical (unpaired) electrons. The van der Waals surface area contributed by atoms with E-state index < -0.39 is 0 Å². The van der Waals surface area contributed by atoms with Crippen LogP contribution in [-0.4, -0.2) is 21.3 Å². The Labute approximate surface area is 93.9 Å². The number of fused-ring (bicyclic) bond motifs is 1. The molecule has 0 unspecified atom stereocenters. The maximum Gasteiger partial charge on any atom is 0.277 e. The molecule has 0 saturated heterocycles. The van der Waals surface area contributed by atoms with Crippen molar-refractivity contribution in [2.24, 2.45) is 0 Å². The van der Waals surface area contributed by atoms with Crippen LogP contribution in [0, 0.1) is 0 Å². The minimum absolute atomic E-state index is 0.0712. The van der Waals surface area contributed by atoms with Crippen LogP contribution in [0.3, 0.4) is 0 Å². The first-order valence-corrected chi connectivity index (χ1v) is 6.07. The maximum absolute atomic E-state index is 12.2. The molecule has 5 heteroatoms. The highest BCUT2D eigenvalue weighted by atomic mass is 16.1. The SMILES string of the molecule is O=c1c(C2CCCCC2)nnc2n1CCN2. The average Bonchev–Trinajstić information content (AvgIpc) is 2.80. The lowest BCUT2D eigenvalue weighted by Gasteiger charge is -2.20. The van der Waals surface area contributed by atoms with Gasteiger partial charge in [-0.15, -0.1) is 10.2 Å². The summed E-state index contributed by atoms with van der Waals surface area (Å²) in [5.41, 5.74) is 0.758. The second-order valence-electron chi connectivity index (χ2n) is 4.63. The van der Waals surface area contributed by atoms with Crippen molar-refractivity contribution in [3.05, 3.63) is 16.0 Å². The van der Waals surface area contributed by atoms with Gasteiger partial charge in [-0.25, -0.2) is 0 Å². The second kappa shape index (κ2) is 3.88. The fraction of sp³-hybridized carbons (Fsp3) is 0.727. The van der Waals surface area contributed by atoms with E-state index in [0.717, 1.165) is 25.9 Å². The van der Waals surface area contributed by atoms with Gasteiger partial charge in [-0.05, 0) is 12.8 Å². The second-order valence-corrected chi connectivity index (χ2v) is 4.63. The van der Waals surface area contributed by atoms with Crippen molar-refractivity contribution in [2.75, 3.05) is 11.9 Å². The molecule has 1 aromatic rings. The summed E-state index contributed by atoms with van der Waals surface area (Å²) in [6.07, 6.45) is 5.91. The topological polar surface area (TPSA) is 59.8 Å². The normalized spacial score (nSPS) is 20.5. The Morgan fingerprint density at radius 1 is 1.19 bits per heavy atom. The Morgan fingerprint density at radius 3 is 2.81 bits per heavy atom. The van der Waals surface area contributed by atoms with Crippen molar-refractivity contribution in [1.82, 2.24) is 14.8 Å². The highest BCUT2D eigenvalue weighted by Gasteiger charge is 2.23. The molecule has 5 nitrogen and oxygen atoms in total. The maximum atomic E-state index is 12.2. The van der Waals surface area contributed by atoms with Gasteiger partial charge in [0.15, 0.2) is 0 Å². The number of rotatable bonds is 1. The summed E-state index contributed by atoms with van der Waals surface area (Å²) in [4.78, 5) is 12.2. The van der Waals surface area contributed by atoms with Crippen LogP contribution in [0.2, 0.25) is 0 Å². The van der Waals surface area contributed by atoms with Gasteiger partial charge >= 0.3 is 0 Å². The summed E-state index contributed by atoms with van der Waals surface area (Å²) < 4.78 is 1.72. The molecule has 16 heavy (non-hydrogen) atoms. The molecule has 0 atom stereocenters. The van der Waals surface area contributed by atoms with Crippen molar-refractivity contribution in [3.8, 4) is 0 Å². The molecule has 2 aliphatic rings. The Kier molecular flexibility index (Phi) is 2.38. The third kappa shape index (κ3) is 1.50. The molecule has 0 amide bonds. The van der Waals surface area contributed by atoms with Gasteiger partial charge in [-0.2, -0.15) is 0 Å². The Bertz CT molecular complexity index is 448. The Morgan fingerprint density at radius 2 is 2.00 bits per heavy atom. The lowest BCUT2D eigenvalue weighted by molar-refractivity contribution is 0.427. The molecule has 1 fully saturated rings. The first-order chi connectivity index (χ1) is 7.86. The van der Waals surface area contributed by atoms with E-state index in [9.17, 15) is 4.79 Å². The zero-order valence-electron chi connectivity index (χ0n) is 9.28. The summed E-state index contributed by atoms with van der Waals surface area (Å²) in [5, 5.41) is 11.3. The standard InChI is InChI=1S/C11H16N4O/c16-10-9(8-4-2-1-3-5-8)13-14-11-12-6-7-15(10)11/h8H,1-7H2,(H,12,14). The van der Waals surface area contributed by atoms with E-state index >= 15 is 0 Å². The molecule has 1 aliphatic carbocycles. The monoisotopic (exact) mass is 220 g/mol. The highest BCUT2D eigenvalue weighted by Crippen LogP contribution is 2.29. The number of anilines is 1.